The van der Waals surface area contributed by atoms with E-state index >= 15 is 0 Å². The van der Waals surface area contributed by atoms with E-state index in [9.17, 15) is 4.79 Å². The second kappa shape index (κ2) is 8.41. The van der Waals surface area contributed by atoms with E-state index in [4.69, 9.17) is 32.7 Å². The van der Waals surface area contributed by atoms with Crippen LogP contribution in [0.5, 0.6) is 11.5 Å². The van der Waals surface area contributed by atoms with Gasteiger partial charge in [0.15, 0.2) is 0 Å². The molecule has 0 atom stereocenters. The van der Waals surface area contributed by atoms with Crippen molar-refractivity contribution < 1.29 is 14.3 Å². The quantitative estimate of drug-likeness (QED) is 0.641. The Labute approximate surface area is 184 Å². The average Bonchev–Trinajstić information content (AvgIpc) is 2.76. The van der Waals surface area contributed by atoms with Crippen LogP contribution in [0.4, 0.5) is 17.5 Å². The van der Waals surface area contributed by atoms with Crippen LogP contribution in [0.25, 0.3) is 0 Å². The van der Waals surface area contributed by atoms with Crippen molar-refractivity contribution in [3.63, 3.8) is 0 Å². The third kappa shape index (κ3) is 3.53. The minimum absolute atomic E-state index is 0.255. The van der Waals surface area contributed by atoms with Crippen LogP contribution in [0.15, 0.2) is 37.3 Å². The molecule has 0 fully saturated rings. The smallest absolute Gasteiger partial charge is 0.252 e. The van der Waals surface area contributed by atoms with Crippen LogP contribution in [-0.4, -0.2) is 44.2 Å². The second-order valence-electron chi connectivity index (χ2n) is 6.44. The van der Waals surface area contributed by atoms with Gasteiger partial charge in [-0.15, -0.1) is 0 Å². The first-order chi connectivity index (χ1) is 14.2. The fourth-order valence-electron chi connectivity index (χ4n) is 3.07. The minimum Gasteiger partial charge on any atom is -0.495 e. The van der Waals surface area contributed by atoms with Crippen LogP contribution in [0.3, 0.4) is 0 Å². The zero-order valence-electron chi connectivity index (χ0n) is 17.1. The first-order valence-corrected chi connectivity index (χ1v) is 9.56. The van der Waals surface area contributed by atoms with Crippen LogP contribution in [0.1, 0.15) is 5.56 Å². The topological polar surface area (TPSA) is 71.0 Å². The molecule has 3 rings (SSSR count). The first-order valence-electron chi connectivity index (χ1n) is 8.81. The highest BCUT2D eigenvalue weighted by atomic mass is 35.5. The lowest BCUT2D eigenvalue weighted by Gasteiger charge is -2.39. The van der Waals surface area contributed by atoms with Crippen molar-refractivity contribution >= 4 is 46.6 Å². The average molecular weight is 450 g/mol. The highest BCUT2D eigenvalue weighted by molar-refractivity contribution is 6.41. The van der Waals surface area contributed by atoms with Gasteiger partial charge in [0.2, 0.25) is 5.95 Å². The number of halogens is 2. The van der Waals surface area contributed by atoms with Crippen molar-refractivity contribution in [3.05, 3.63) is 52.9 Å². The highest BCUT2D eigenvalue weighted by Gasteiger charge is 2.31. The number of benzene rings is 1. The number of amides is 1. The molecule has 0 unspecified atom stereocenters. The van der Waals surface area contributed by atoms with E-state index in [-0.39, 0.29) is 11.9 Å². The standard InChI is InChI=1S/C20H21Cl2N5O3/c1-7-15(28)26(4)20-23-9-12-10-27(11(2)25(3)19(12)24-20)18-16(21)13(29-5)8-14(30-6)17(18)22/h7-9H,1-2,10H2,3-6H3. The van der Waals surface area contributed by atoms with Gasteiger partial charge in [-0.2, -0.15) is 4.98 Å². The van der Waals surface area contributed by atoms with Crippen LogP contribution < -0.4 is 24.2 Å². The summed E-state index contributed by atoms with van der Waals surface area (Å²) in [6, 6.07) is 1.63. The Kier molecular flexibility index (Phi) is 6.09. The molecule has 0 aliphatic carbocycles. The number of anilines is 3. The summed E-state index contributed by atoms with van der Waals surface area (Å²) in [7, 11) is 6.42. The normalized spacial score (nSPS) is 13.1. The Bertz CT molecular complexity index is 1020. The summed E-state index contributed by atoms with van der Waals surface area (Å²) in [6.45, 7) is 8.01. The van der Waals surface area contributed by atoms with Crippen LogP contribution in [-0.2, 0) is 11.3 Å². The molecule has 1 aromatic heterocycles. The van der Waals surface area contributed by atoms with E-state index in [1.807, 2.05) is 4.90 Å². The second-order valence-corrected chi connectivity index (χ2v) is 7.20. The van der Waals surface area contributed by atoms with Gasteiger partial charge in [-0.25, -0.2) is 4.98 Å². The summed E-state index contributed by atoms with van der Waals surface area (Å²) in [6.07, 6.45) is 2.85. The van der Waals surface area contributed by atoms with Gasteiger partial charge in [0.05, 0.1) is 26.5 Å². The van der Waals surface area contributed by atoms with Gasteiger partial charge in [0, 0.05) is 31.9 Å². The summed E-state index contributed by atoms with van der Waals surface area (Å²) in [5.41, 5.74) is 1.29. The Balaban J connectivity index is 2.09. The van der Waals surface area contributed by atoms with Gasteiger partial charge in [-0.1, -0.05) is 36.4 Å². The van der Waals surface area contributed by atoms with Crippen molar-refractivity contribution in [2.24, 2.45) is 0 Å². The van der Waals surface area contributed by atoms with E-state index in [1.54, 1.807) is 31.3 Å². The van der Waals surface area contributed by atoms with E-state index in [1.165, 1.54) is 25.2 Å². The summed E-state index contributed by atoms with van der Waals surface area (Å²) in [4.78, 5) is 25.6. The van der Waals surface area contributed by atoms with Crippen LogP contribution in [0.2, 0.25) is 10.0 Å². The predicted molar refractivity (Wildman–Crippen MR) is 119 cm³/mol. The van der Waals surface area contributed by atoms with Crippen molar-refractivity contribution in [3.8, 4) is 11.5 Å². The minimum atomic E-state index is -0.309. The highest BCUT2D eigenvalue weighted by Crippen LogP contribution is 2.48. The number of hydrogen-bond donors (Lipinski definition) is 0. The number of ether oxygens (including phenoxy) is 2. The lowest BCUT2D eigenvalue weighted by atomic mass is 10.1. The third-order valence-electron chi connectivity index (χ3n) is 4.80. The molecule has 1 amide bonds. The van der Waals surface area contributed by atoms with Crippen molar-refractivity contribution in [1.29, 1.82) is 0 Å². The summed E-state index contributed by atoms with van der Waals surface area (Å²) >= 11 is 13.2. The molecule has 0 spiro atoms. The largest absolute Gasteiger partial charge is 0.495 e. The van der Waals surface area contributed by atoms with Crippen molar-refractivity contribution in [2.75, 3.05) is 43.0 Å². The number of aromatic nitrogens is 2. The molecule has 0 bridgehead atoms. The SMILES string of the molecule is C=CC(=O)N(C)c1ncc2c(n1)N(C)C(=C)N(c1c(Cl)c(OC)cc(OC)c1Cl)C2. The molecule has 158 valence electrons. The molecule has 1 aromatic carbocycles. The van der Waals surface area contributed by atoms with Crippen LogP contribution in [0, 0.1) is 0 Å². The molecule has 0 N–H and O–H groups in total. The molecule has 2 aromatic rings. The van der Waals surface area contributed by atoms with E-state index in [0.717, 1.165) is 5.56 Å². The number of carbonyl (C=O) groups excluding carboxylic acids is 1. The zero-order chi connectivity index (χ0) is 22.2. The van der Waals surface area contributed by atoms with E-state index < -0.39 is 0 Å². The molecule has 8 nitrogen and oxygen atoms in total. The Morgan fingerprint density at radius 2 is 1.87 bits per heavy atom. The van der Waals surface area contributed by atoms with E-state index in [0.29, 0.717) is 45.4 Å². The third-order valence-corrected chi connectivity index (χ3v) is 5.53. The van der Waals surface area contributed by atoms with Crippen molar-refractivity contribution in [2.45, 2.75) is 6.54 Å². The van der Waals surface area contributed by atoms with Gasteiger partial charge in [0.25, 0.3) is 5.91 Å². The number of carbonyl (C=O) groups is 1. The summed E-state index contributed by atoms with van der Waals surface area (Å²) in [5, 5.41) is 0.658. The molecular weight excluding hydrogens is 429 g/mol. The predicted octanol–water partition coefficient (Wildman–Crippen LogP) is 3.88. The van der Waals surface area contributed by atoms with E-state index in [2.05, 4.69) is 23.1 Å². The Hall–Kier alpha value is -2.97. The lowest BCUT2D eigenvalue weighted by molar-refractivity contribution is -0.113. The fourth-order valence-corrected chi connectivity index (χ4v) is 3.78. The zero-order valence-corrected chi connectivity index (χ0v) is 18.6. The van der Waals surface area contributed by atoms with Gasteiger partial charge in [0.1, 0.15) is 33.2 Å². The van der Waals surface area contributed by atoms with Crippen LogP contribution >= 0.6 is 23.2 Å². The number of nitrogens with zero attached hydrogens (tertiary/aromatic N) is 5. The fraction of sp³-hybridized carbons (Fsp3) is 0.250. The molecule has 2 heterocycles. The van der Waals surface area contributed by atoms with Gasteiger partial charge in [-0.05, 0) is 6.08 Å². The van der Waals surface area contributed by atoms with Gasteiger partial charge in [-0.3, -0.25) is 9.69 Å². The molecular formula is C20H21Cl2N5O3. The monoisotopic (exact) mass is 449 g/mol. The lowest BCUT2D eigenvalue weighted by Crippen LogP contribution is -2.39. The number of fused-ring (bicyclic) bond motifs is 1. The molecule has 1 aliphatic rings. The van der Waals surface area contributed by atoms with Gasteiger partial charge < -0.3 is 19.3 Å². The number of hydrogen-bond acceptors (Lipinski definition) is 7. The molecule has 0 saturated heterocycles. The molecule has 1 aliphatic heterocycles. The summed E-state index contributed by atoms with van der Waals surface area (Å²) < 4.78 is 10.7. The molecule has 0 radical (unpaired) electrons. The maximum absolute atomic E-state index is 11.9. The Morgan fingerprint density at radius 1 is 1.27 bits per heavy atom. The van der Waals surface area contributed by atoms with Gasteiger partial charge >= 0.3 is 0 Å². The molecule has 30 heavy (non-hydrogen) atoms. The number of likely N-dealkylation sites (N-methyl/N-ethyl adjacent to an activating group) is 1. The van der Waals surface area contributed by atoms with Crippen molar-refractivity contribution in [1.82, 2.24) is 9.97 Å². The number of methoxy groups -OCH3 is 2. The Morgan fingerprint density at radius 3 is 2.40 bits per heavy atom. The first kappa shape index (κ1) is 21.7. The summed E-state index contributed by atoms with van der Waals surface area (Å²) in [5.74, 6) is 1.98. The maximum atomic E-state index is 11.9. The molecule has 10 heteroatoms. The maximum Gasteiger partial charge on any atom is 0.252 e. The molecule has 0 saturated carbocycles. The number of rotatable bonds is 5.